The van der Waals surface area contributed by atoms with Crippen molar-refractivity contribution in [2.45, 2.75) is 6.04 Å². The number of carbonyl (C=O) groups excluding carboxylic acids is 1. The minimum Gasteiger partial charge on any atom is -0.324 e. The maximum Gasteiger partial charge on any atom is 0.246 e. The van der Waals surface area contributed by atoms with Gasteiger partial charge in [-0.2, -0.15) is 0 Å². The van der Waals surface area contributed by atoms with Crippen molar-refractivity contribution >= 4 is 11.6 Å². The largest absolute Gasteiger partial charge is 0.324 e. The number of halogens is 1. The number of nitrogens with one attached hydrogen (secondary N) is 2. The van der Waals surface area contributed by atoms with Crippen molar-refractivity contribution in [2.75, 3.05) is 32.5 Å². The highest BCUT2D eigenvalue weighted by molar-refractivity contribution is 6.02. The third kappa shape index (κ3) is 2.62. The maximum atomic E-state index is 13.1. The topological polar surface area (TPSA) is 44.4 Å². The van der Waals surface area contributed by atoms with Crippen molar-refractivity contribution in [3.8, 4) is 0 Å². The van der Waals surface area contributed by atoms with Gasteiger partial charge >= 0.3 is 0 Å². The second-order valence-corrected chi connectivity index (χ2v) is 4.41. The Balaban J connectivity index is 2.08. The van der Waals surface area contributed by atoms with Gasteiger partial charge in [0.1, 0.15) is 11.9 Å². The quantitative estimate of drug-likeness (QED) is 0.820. The van der Waals surface area contributed by atoms with E-state index >= 15 is 0 Å². The van der Waals surface area contributed by atoms with E-state index in [0.717, 1.165) is 6.54 Å². The number of rotatable bonds is 4. The van der Waals surface area contributed by atoms with E-state index in [9.17, 15) is 9.18 Å². The fourth-order valence-corrected chi connectivity index (χ4v) is 1.87. The van der Waals surface area contributed by atoms with Crippen LogP contribution in [0.25, 0.3) is 0 Å². The normalized spacial score (nSPS) is 18.4. The third-order valence-electron chi connectivity index (χ3n) is 2.75. The molecule has 0 spiro atoms. The van der Waals surface area contributed by atoms with Gasteiger partial charge < -0.3 is 15.5 Å². The molecule has 92 valence electrons. The molecule has 1 amide bonds. The van der Waals surface area contributed by atoms with E-state index in [1.54, 1.807) is 6.07 Å². The van der Waals surface area contributed by atoms with Crippen LogP contribution in [0, 0.1) is 5.82 Å². The summed E-state index contributed by atoms with van der Waals surface area (Å²) in [5.74, 6) is -0.441. The number of likely N-dealkylation sites (N-methyl/N-ethyl adjacent to an activating group) is 1. The molecule has 2 N–H and O–H groups in total. The molecule has 1 atom stereocenters. The Hall–Kier alpha value is -1.46. The first kappa shape index (κ1) is 12.0. The van der Waals surface area contributed by atoms with Crippen LogP contribution in [-0.2, 0) is 4.79 Å². The zero-order valence-electron chi connectivity index (χ0n) is 9.96. The van der Waals surface area contributed by atoms with Gasteiger partial charge in [0.05, 0.1) is 0 Å². The van der Waals surface area contributed by atoms with Crippen molar-refractivity contribution in [2.24, 2.45) is 0 Å². The molecule has 4 nitrogen and oxygen atoms in total. The number of hydrogen-bond donors (Lipinski definition) is 2. The lowest BCUT2D eigenvalue weighted by Gasteiger charge is -2.14. The Morgan fingerprint density at radius 1 is 1.47 bits per heavy atom. The van der Waals surface area contributed by atoms with Crippen molar-refractivity contribution in [3.05, 3.63) is 29.6 Å². The Labute approximate surface area is 99.8 Å². The number of amides is 1. The minimum absolute atomic E-state index is 0.121. The minimum atomic E-state index is -0.444. The second kappa shape index (κ2) is 4.81. The molecule has 1 aliphatic heterocycles. The standard InChI is InChI=1S/C12H16FN3O/c1-16(2)6-5-14-11-9-7-8(13)3-4-10(9)15-12(11)17/h3-4,7,11,14H,5-6H2,1-2H3,(H,15,17). The van der Waals surface area contributed by atoms with Crippen LogP contribution in [0.4, 0.5) is 10.1 Å². The van der Waals surface area contributed by atoms with Gasteiger partial charge in [-0.25, -0.2) is 4.39 Å². The highest BCUT2D eigenvalue weighted by atomic mass is 19.1. The summed E-state index contributed by atoms with van der Waals surface area (Å²) in [5, 5.41) is 5.86. The summed E-state index contributed by atoms with van der Waals surface area (Å²) in [4.78, 5) is 13.7. The molecule has 0 bridgehead atoms. The SMILES string of the molecule is CN(C)CCNC1C(=O)Nc2ccc(F)cc21. The van der Waals surface area contributed by atoms with Crippen molar-refractivity contribution in [1.82, 2.24) is 10.2 Å². The third-order valence-corrected chi connectivity index (χ3v) is 2.75. The maximum absolute atomic E-state index is 13.1. The van der Waals surface area contributed by atoms with Gasteiger partial charge in [0.2, 0.25) is 5.91 Å². The number of fused-ring (bicyclic) bond motifs is 1. The molecule has 17 heavy (non-hydrogen) atoms. The second-order valence-electron chi connectivity index (χ2n) is 4.41. The molecule has 2 rings (SSSR count). The van der Waals surface area contributed by atoms with E-state index in [0.29, 0.717) is 17.8 Å². The number of anilines is 1. The van der Waals surface area contributed by atoms with Crippen molar-refractivity contribution in [3.63, 3.8) is 0 Å². The summed E-state index contributed by atoms with van der Waals surface area (Å²) in [5.41, 5.74) is 1.38. The average molecular weight is 237 g/mol. The molecule has 0 aliphatic carbocycles. The van der Waals surface area contributed by atoms with E-state index < -0.39 is 6.04 Å². The van der Waals surface area contributed by atoms with Gasteiger partial charge in [0, 0.05) is 24.3 Å². The molecule has 0 saturated heterocycles. The number of benzene rings is 1. The van der Waals surface area contributed by atoms with Crippen LogP contribution in [0.1, 0.15) is 11.6 Å². The Morgan fingerprint density at radius 2 is 2.24 bits per heavy atom. The number of carbonyl (C=O) groups is 1. The lowest BCUT2D eigenvalue weighted by Crippen LogP contribution is -2.33. The molecule has 5 heteroatoms. The zero-order valence-corrected chi connectivity index (χ0v) is 9.96. The van der Waals surface area contributed by atoms with Crippen molar-refractivity contribution < 1.29 is 9.18 Å². The summed E-state index contributed by atoms with van der Waals surface area (Å²) in [6, 6.07) is 3.90. The van der Waals surface area contributed by atoms with Crippen LogP contribution < -0.4 is 10.6 Å². The van der Waals surface area contributed by atoms with Gasteiger partial charge in [0.25, 0.3) is 0 Å². The van der Waals surface area contributed by atoms with Crippen LogP contribution >= 0.6 is 0 Å². The van der Waals surface area contributed by atoms with Crippen LogP contribution in [0.2, 0.25) is 0 Å². The average Bonchev–Trinajstić information content (AvgIpc) is 2.55. The molecule has 0 fully saturated rings. The molecule has 1 aliphatic rings. The van der Waals surface area contributed by atoms with Crippen molar-refractivity contribution in [1.29, 1.82) is 0 Å². The Bertz CT molecular complexity index is 434. The zero-order chi connectivity index (χ0) is 12.4. The molecular formula is C12H16FN3O. The number of nitrogens with zero attached hydrogens (tertiary/aromatic N) is 1. The fraction of sp³-hybridized carbons (Fsp3) is 0.417. The monoisotopic (exact) mass is 237 g/mol. The summed E-state index contributed by atoms with van der Waals surface area (Å²) in [7, 11) is 3.92. The molecule has 1 aromatic carbocycles. The van der Waals surface area contributed by atoms with Crippen LogP contribution in [-0.4, -0.2) is 38.0 Å². The molecule has 1 aromatic rings. The van der Waals surface area contributed by atoms with Gasteiger partial charge in [-0.15, -0.1) is 0 Å². The van der Waals surface area contributed by atoms with E-state index in [1.165, 1.54) is 12.1 Å². The predicted molar refractivity (Wildman–Crippen MR) is 64.3 cm³/mol. The van der Waals surface area contributed by atoms with Crippen LogP contribution in [0.5, 0.6) is 0 Å². The van der Waals surface area contributed by atoms with E-state index in [-0.39, 0.29) is 11.7 Å². The first-order chi connectivity index (χ1) is 8.08. The van der Waals surface area contributed by atoms with Gasteiger partial charge in [-0.1, -0.05) is 0 Å². The molecule has 0 radical (unpaired) electrons. The predicted octanol–water partition coefficient (Wildman–Crippen LogP) is 0.970. The van der Waals surface area contributed by atoms with Crippen LogP contribution in [0.15, 0.2) is 18.2 Å². The molecule has 1 heterocycles. The van der Waals surface area contributed by atoms with E-state index in [2.05, 4.69) is 10.6 Å². The summed E-state index contributed by atoms with van der Waals surface area (Å²) in [6.45, 7) is 1.51. The molecule has 0 aromatic heterocycles. The van der Waals surface area contributed by atoms with Crippen LogP contribution in [0.3, 0.4) is 0 Å². The molecule has 0 saturated carbocycles. The molecule has 1 unspecified atom stereocenters. The summed E-state index contributed by atoms with van der Waals surface area (Å²) < 4.78 is 13.1. The van der Waals surface area contributed by atoms with Gasteiger partial charge in [-0.3, -0.25) is 4.79 Å². The lowest BCUT2D eigenvalue weighted by atomic mass is 10.1. The Morgan fingerprint density at radius 3 is 2.94 bits per heavy atom. The lowest BCUT2D eigenvalue weighted by molar-refractivity contribution is -0.117. The first-order valence-electron chi connectivity index (χ1n) is 5.56. The Kier molecular flexibility index (Phi) is 3.40. The highest BCUT2D eigenvalue weighted by Crippen LogP contribution is 2.30. The highest BCUT2D eigenvalue weighted by Gasteiger charge is 2.30. The smallest absolute Gasteiger partial charge is 0.246 e. The number of hydrogen-bond acceptors (Lipinski definition) is 3. The van der Waals surface area contributed by atoms with Gasteiger partial charge in [-0.05, 0) is 32.3 Å². The van der Waals surface area contributed by atoms with Gasteiger partial charge in [0.15, 0.2) is 0 Å². The van der Waals surface area contributed by atoms with E-state index in [1.807, 2.05) is 19.0 Å². The summed E-state index contributed by atoms with van der Waals surface area (Å²) in [6.07, 6.45) is 0. The summed E-state index contributed by atoms with van der Waals surface area (Å²) >= 11 is 0. The molecular weight excluding hydrogens is 221 g/mol. The first-order valence-corrected chi connectivity index (χ1v) is 5.56. The van der Waals surface area contributed by atoms with E-state index in [4.69, 9.17) is 0 Å². The fourth-order valence-electron chi connectivity index (χ4n) is 1.87.